The van der Waals surface area contributed by atoms with Gasteiger partial charge in [-0.15, -0.1) is 0 Å². The first-order valence-electron chi connectivity index (χ1n) is 22.3. The van der Waals surface area contributed by atoms with Crippen LogP contribution in [-0.4, -0.2) is 19.1 Å². The summed E-state index contributed by atoms with van der Waals surface area (Å²) in [7, 11) is 0. The van der Waals surface area contributed by atoms with Crippen molar-refractivity contribution in [2.75, 3.05) is 0 Å². The SMILES string of the molecule is Cc1ccc(-c2cc(-c3ccc(-c4ccc(-c5ccc(-n6c7ccccc7c7cc(-n8c9ccccc9c9ccccc98)ccc76)cc5)cc4)c(C)c3)nc(-c3ccc(C)cc3)n2)cc1. The monoisotopic (exact) mass is 832 g/mol. The summed E-state index contributed by atoms with van der Waals surface area (Å²) in [6.07, 6.45) is 0. The summed E-state index contributed by atoms with van der Waals surface area (Å²) in [4.78, 5) is 10.1. The molecule has 0 aliphatic rings. The molecule has 0 bridgehead atoms. The van der Waals surface area contributed by atoms with Crippen LogP contribution in [0.5, 0.6) is 0 Å². The number of fused-ring (bicyclic) bond motifs is 6. The first-order chi connectivity index (χ1) is 31.9. The van der Waals surface area contributed by atoms with Gasteiger partial charge in [-0.25, -0.2) is 9.97 Å². The number of benzene rings is 9. The molecule has 65 heavy (non-hydrogen) atoms. The van der Waals surface area contributed by atoms with Crippen molar-refractivity contribution in [1.82, 2.24) is 19.1 Å². The molecule has 0 fully saturated rings. The normalized spacial score (nSPS) is 11.6. The van der Waals surface area contributed by atoms with Crippen molar-refractivity contribution < 1.29 is 0 Å². The van der Waals surface area contributed by atoms with Crippen molar-refractivity contribution in [1.29, 1.82) is 0 Å². The van der Waals surface area contributed by atoms with Crippen LogP contribution in [0.2, 0.25) is 0 Å². The number of hydrogen-bond acceptors (Lipinski definition) is 2. The molecular weight excluding hydrogens is 789 g/mol. The number of para-hydroxylation sites is 3. The van der Waals surface area contributed by atoms with Gasteiger partial charge in [0.25, 0.3) is 0 Å². The molecule has 0 aliphatic carbocycles. The van der Waals surface area contributed by atoms with E-state index in [4.69, 9.17) is 9.97 Å². The second kappa shape index (κ2) is 15.5. The van der Waals surface area contributed by atoms with Crippen molar-refractivity contribution in [2.45, 2.75) is 20.8 Å². The van der Waals surface area contributed by atoms with E-state index in [1.807, 2.05) is 0 Å². The fraction of sp³-hybridized carbons (Fsp3) is 0.0492. The number of aryl methyl sites for hydroxylation is 3. The van der Waals surface area contributed by atoms with E-state index in [9.17, 15) is 0 Å². The van der Waals surface area contributed by atoms with Gasteiger partial charge >= 0.3 is 0 Å². The molecular formula is C61H44N4. The van der Waals surface area contributed by atoms with Gasteiger partial charge in [0.05, 0.1) is 33.5 Å². The van der Waals surface area contributed by atoms with Gasteiger partial charge in [0.15, 0.2) is 5.82 Å². The van der Waals surface area contributed by atoms with E-state index >= 15 is 0 Å². The number of nitrogens with zero attached hydrogens (tertiary/aromatic N) is 4. The zero-order chi connectivity index (χ0) is 43.6. The molecule has 9 aromatic carbocycles. The van der Waals surface area contributed by atoms with Crippen LogP contribution in [0.1, 0.15) is 16.7 Å². The number of rotatable bonds is 7. The van der Waals surface area contributed by atoms with Crippen LogP contribution in [0.3, 0.4) is 0 Å². The summed E-state index contributed by atoms with van der Waals surface area (Å²) >= 11 is 0. The van der Waals surface area contributed by atoms with Gasteiger partial charge in [0.2, 0.25) is 0 Å². The Bertz CT molecular complexity index is 3640. The van der Waals surface area contributed by atoms with E-state index in [1.54, 1.807) is 0 Å². The maximum absolute atomic E-state index is 5.10. The Hall–Kier alpha value is -8.34. The van der Waals surface area contributed by atoms with Crippen molar-refractivity contribution >= 4 is 43.6 Å². The minimum atomic E-state index is 0.726. The van der Waals surface area contributed by atoms with Gasteiger partial charge < -0.3 is 9.13 Å². The Morgan fingerprint density at radius 1 is 0.308 bits per heavy atom. The van der Waals surface area contributed by atoms with Gasteiger partial charge in [-0.2, -0.15) is 0 Å². The predicted molar refractivity (Wildman–Crippen MR) is 272 cm³/mol. The van der Waals surface area contributed by atoms with Gasteiger partial charge in [0, 0.05) is 49.6 Å². The van der Waals surface area contributed by atoms with E-state index in [-0.39, 0.29) is 0 Å². The van der Waals surface area contributed by atoms with E-state index in [2.05, 4.69) is 242 Å². The molecule has 12 aromatic rings. The van der Waals surface area contributed by atoms with Crippen LogP contribution in [-0.2, 0) is 0 Å². The molecule has 0 unspecified atom stereocenters. The minimum Gasteiger partial charge on any atom is -0.309 e. The third kappa shape index (κ3) is 6.70. The lowest BCUT2D eigenvalue weighted by molar-refractivity contribution is 1.17. The summed E-state index contributed by atoms with van der Waals surface area (Å²) in [6, 6.07) is 76.8. The molecule has 0 amide bonds. The van der Waals surface area contributed by atoms with E-state index in [0.717, 1.165) is 45.3 Å². The maximum atomic E-state index is 5.10. The lowest BCUT2D eigenvalue weighted by Crippen LogP contribution is -1.96. The van der Waals surface area contributed by atoms with Crippen LogP contribution in [0.15, 0.2) is 212 Å². The van der Waals surface area contributed by atoms with Gasteiger partial charge in [0.1, 0.15) is 0 Å². The Balaban J connectivity index is 0.845. The van der Waals surface area contributed by atoms with Gasteiger partial charge in [-0.3, -0.25) is 0 Å². The first kappa shape index (κ1) is 38.3. The highest BCUT2D eigenvalue weighted by Gasteiger charge is 2.17. The van der Waals surface area contributed by atoms with Crippen LogP contribution >= 0.6 is 0 Å². The number of aromatic nitrogens is 4. The van der Waals surface area contributed by atoms with Crippen LogP contribution in [0, 0.1) is 20.8 Å². The Morgan fingerprint density at radius 3 is 1.32 bits per heavy atom. The lowest BCUT2D eigenvalue weighted by Gasteiger charge is -2.13. The molecule has 4 heteroatoms. The molecule has 0 spiro atoms. The van der Waals surface area contributed by atoms with E-state index in [1.165, 1.54) is 82.6 Å². The molecule has 0 N–H and O–H groups in total. The minimum absolute atomic E-state index is 0.726. The quantitative estimate of drug-likeness (QED) is 0.160. The fourth-order valence-electron chi connectivity index (χ4n) is 9.67. The summed E-state index contributed by atoms with van der Waals surface area (Å²) in [6.45, 7) is 6.40. The average molecular weight is 833 g/mol. The molecule has 12 rings (SSSR count). The fourth-order valence-corrected chi connectivity index (χ4v) is 9.67. The summed E-state index contributed by atoms with van der Waals surface area (Å²) in [5.41, 5.74) is 20.5. The largest absolute Gasteiger partial charge is 0.309 e. The van der Waals surface area contributed by atoms with E-state index in [0.29, 0.717) is 0 Å². The van der Waals surface area contributed by atoms with Crippen LogP contribution in [0.4, 0.5) is 0 Å². The van der Waals surface area contributed by atoms with Crippen LogP contribution < -0.4 is 0 Å². The second-order valence-electron chi connectivity index (χ2n) is 17.3. The summed E-state index contributed by atoms with van der Waals surface area (Å²) < 4.78 is 4.80. The Kier molecular flexibility index (Phi) is 9.13. The molecule has 0 saturated heterocycles. The average Bonchev–Trinajstić information content (AvgIpc) is 3.87. The van der Waals surface area contributed by atoms with Crippen molar-refractivity contribution in [3.05, 3.63) is 229 Å². The summed E-state index contributed by atoms with van der Waals surface area (Å²) in [5.74, 6) is 0.726. The molecule has 0 aliphatic heterocycles. The Labute approximate surface area is 378 Å². The molecule has 4 nitrogen and oxygen atoms in total. The second-order valence-corrected chi connectivity index (χ2v) is 17.3. The van der Waals surface area contributed by atoms with E-state index < -0.39 is 0 Å². The predicted octanol–water partition coefficient (Wildman–Crippen LogP) is 15.9. The Morgan fingerprint density at radius 2 is 0.738 bits per heavy atom. The molecule has 0 atom stereocenters. The molecule has 308 valence electrons. The number of hydrogen-bond donors (Lipinski definition) is 0. The zero-order valence-electron chi connectivity index (χ0n) is 36.5. The highest BCUT2D eigenvalue weighted by Crippen LogP contribution is 2.38. The molecule has 3 aromatic heterocycles. The maximum Gasteiger partial charge on any atom is 0.160 e. The third-order valence-corrected chi connectivity index (χ3v) is 13.1. The standard InChI is InChI=1S/C61H44N4/c1-39-16-20-45(21-17-39)55-38-56(63-61(62-55)46-22-18-40(2)19-23-46)47-30-34-50(41(3)36-47)44-26-24-42(25-27-44)43-28-31-48(32-29-43)64-59-15-9-6-12-53(59)54-37-49(33-35-60(54)64)65-57-13-7-4-10-51(57)52-11-5-8-14-58(52)65/h4-38H,1-3H3. The highest BCUT2D eigenvalue weighted by atomic mass is 15.0. The van der Waals surface area contributed by atoms with Crippen LogP contribution in [0.25, 0.3) is 111 Å². The van der Waals surface area contributed by atoms with Gasteiger partial charge in [-0.1, -0.05) is 163 Å². The topological polar surface area (TPSA) is 35.6 Å². The molecule has 0 saturated carbocycles. The van der Waals surface area contributed by atoms with Crippen molar-refractivity contribution in [2.24, 2.45) is 0 Å². The van der Waals surface area contributed by atoms with Gasteiger partial charge in [-0.05, 0) is 109 Å². The molecule has 3 heterocycles. The smallest absolute Gasteiger partial charge is 0.160 e. The van der Waals surface area contributed by atoms with Crippen molar-refractivity contribution in [3.63, 3.8) is 0 Å². The lowest BCUT2D eigenvalue weighted by atomic mass is 9.95. The zero-order valence-corrected chi connectivity index (χ0v) is 36.5. The first-order valence-corrected chi connectivity index (χ1v) is 22.3. The van der Waals surface area contributed by atoms with Crippen molar-refractivity contribution in [3.8, 4) is 67.5 Å². The summed E-state index contributed by atoms with van der Waals surface area (Å²) in [5, 5.41) is 5.01. The third-order valence-electron chi connectivity index (χ3n) is 13.1. The molecule has 0 radical (unpaired) electrons. The highest BCUT2D eigenvalue weighted by molar-refractivity contribution is 6.12.